The molecule has 0 bridgehead atoms. The highest BCUT2D eigenvalue weighted by Gasteiger charge is 2.38. The van der Waals surface area contributed by atoms with Gasteiger partial charge in [-0.3, -0.25) is 4.79 Å². The van der Waals surface area contributed by atoms with Crippen molar-refractivity contribution < 1.29 is 4.79 Å². The summed E-state index contributed by atoms with van der Waals surface area (Å²) in [5.41, 5.74) is -0.136. The van der Waals surface area contributed by atoms with Crippen LogP contribution in [0.5, 0.6) is 0 Å². The van der Waals surface area contributed by atoms with Crippen molar-refractivity contribution in [3.05, 3.63) is 22.4 Å². The van der Waals surface area contributed by atoms with Crippen LogP contribution in [-0.4, -0.2) is 18.9 Å². The highest BCUT2D eigenvalue weighted by atomic mass is 32.1. The van der Waals surface area contributed by atoms with Gasteiger partial charge in [0.2, 0.25) is 0 Å². The smallest absolute Gasteiger partial charge is 0.180 e. The van der Waals surface area contributed by atoms with E-state index in [0.717, 1.165) is 37.2 Å². The van der Waals surface area contributed by atoms with E-state index in [0.29, 0.717) is 5.78 Å². The van der Waals surface area contributed by atoms with Gasteiger partial charge in [-0.2, -0.15) is 0 Å². The number of rotatable bonds is 3. The van der Waals surface area contributed by atoms with Crippen LogP contribution in [0.15, 0.2) is 17.5 Å². The van der Waals surface area contributed by atoms with Crippen molar-refractivity contribution in [2.24, 2.45) is 5.41 Å². The van der Waals surface area contributed by atoms with Gasteiger partial charge in [0.15, 0.2) is 5.78 Å². The Labute approximate surface area is 94.7 Å². The molecule has 15 heavy (non-hydrogen) atoms. The Balaban J connectivity index is 2.22. The first kappa shape index (κ1) is 10.8. The lowest BCUT2D eigenvalue weighted by Crippen LogP contribution is -2.44. The lowest BCUT2D eigenvalue weighted by atomic mass is 9.74. The van der Waals surface area contributed by atoms with Gasteiger partial charge in [-0.25, -0.2) is 0 Å². The van der Waals surface area contributed by atoms with Gasteiger partial charge in [0.25, 0.3) is 0 Å². The van der Waals surface area contributed by atoms with Gasteiger partial charge < -0.3 is 5.32 Å². The summed E-state index contributed by atoms with van der Waals surface area (Å²) in [6, 6.07) is 3.90. The lowest BCUT2D eigenvalue weighted by molar-refractivity contribution is 0.0735. The van der Waals surface area contributed by atoms with Crippen molar-refractivity contribution in [1.82, 2.24) is 5.32 Å². The summed E-state index contributed by atoms with van der Waals surface area (Å²) in [5, 5.41) is 5.33. The molecule has 1 fully saturated rings. The standard InChI is InChI=1S/C12H17NOS/c1-2-12(6-4-7-13-9-12)11(14)10-5-3-8-15-10/h3,5,8,13H,2,4,6-7,9H2,1H3. The monoisotopic (exact) mass is 223 g/mol. The molecule has 0 radical (unpaired) electrons. The molecular formula is C12H17NOS. The molecule has 1 aromatic heterocycles. The van der Waals surface area contributed by atoms with E-state index in [2.05, 4.69) is 12.2 Å². The molecule has 1 aliphatic heterocycles. The molecule has 0 amide bonds. The average molecular weight is 223 g/mol. The van der Waals surface area contributed by atoms with E-state index in [9.17, 15) is 4.79 Å². The van der Waals surface area contributed by atoms with Crippen molar-refractivity contribution in [2.45, 2.75) is 26.2 Å². The fourth-order valence-electron chi connectivity index (χ4n) is 2.29. The molecule has 1 N–H and O–H groups in total. The molecule has 82 valence electrons. The number of piperidine rings is 1. The minimum absolute atomic E-state index is 0.136. The Bertz CT molecular complexity index is 325. The Morgan fingerprint density at radius 3 is 3.07 bits per heavy atom. The molecule has 2 heterocycles. The zero-order valence-electron chi connectivity index (χ0n) is 9.08. The second kappa shape index (κ2) is 4.45. The van der Waals surface area contributed by atoms with Crippen LogP contribution >= 0.6 is 11.3 Å². The molecular weight excluding hydrogens is 206 g/mol. The lowest BCUT2D eigenvalue weighted by Gasteiger charge is -2.35. The summed E-state index contributed by atoms with van der Waals surface area (Å²) in [4.78, 5) is 13.3. The summed E-state index contributed by atoms with van der Waals surface area (Å²) < 4.78 is 0. The first-order valence-electron chi connectivity index (χ1n) is 5.57. The van der Waals surface area contributed by atoms with Crippen LogP contribution in [0, 0.1) is 5.41 Å². The normalized spacial score (nSPS) is 26.5. The molecule has 1 atom stereocenters. The van der Waals surface area contributed by atoms with E-state index in [1.165, 1.54) is 0 Å². The van der Waals surface area contributed by atoms with Gasteiger partial charge in [-0.15, -0.1) is 11.3 Å². The minimum Gasteiger partial charge on any atom is -0.316 e. The second-order valence-electron chi connectivity index (χ2n) is 4.22. The van der Waals surface area contributed by atoms with E-state index in [4.69, 9.17) is 0 Å². The van der Waals surface area contributed by atoms with Crippen LogP contribution in [0.3, 0.4) is 0 Å². The Morgan fingerprint density at radius 2 is 2.53 bits per heavy atom. The zero-order chi connectivity index (χ0) is 10.7. The van der Waals surface area contributed by atoms with Crippen molar-refractivity contribution in [2.75, 3.05) is 13.1 Å². The molecule has 3 heteroatoms. The van der Waals surface area contributed by atoms with Crippen molar-refractivity contribution in [3.63, 3.8) is 0 Å². The SMILES string of the molecule is CCC1(C(=O)c2cccs2)CCCNC1. The number of carbonyl (C=O) groups excluding carboxylic acids is 1. The summed E-state index contributed by atoms with van der Waals surface area (Å²) in [6.45, 7) is 4.03. The molecule has 0 spiro atoms. The van der Waals surface area contributed by atoms with Crippen molar-refractivity contribution in [1.29, 1.82) is 0 Å². The van der Waals surface area contributed by atoms with Crippen LogP contribution in [0.4, 0.5) is 0 Å². The Hall–Kier alpha value is -0.670. The molecule has 1 aliphatic rings. The third-order valence-electron chi connectivity index (χ3n) is 3.38. The topological polar surface area (TPSA) is 29.1 Å². The number of Topliss-reactive ketones (excluding diaryl/α,β-unsaturated/α-hetero) is 1. The predicted octanol–water partition coefficient (Wildman–Crippen LogP) is 2.71. The summed E-state index contributed by atoms with van der Waals surface area (Å²) in [7, 11) is 0. The van der Waals surface area contributed by atoms with Crippen molar-refractivity contribution >= 4 is 17.1 Å². The molecule has 1 saturated heterocycles. The maximum absolute atomic E-state index is 12.4. The van der Waals surface area contributed by atoms with Crippen LogP contribution in [-0.2, 0) is 0 Å². The Kier molecular flexibility index (Phi) is 3.22. The number of thiophene rings is 1. The van der Waals surface area contributed by atoms with Crippen LogP contribution < -0.4 is 5.32 Å². The average Bonchev–Trinajstić information content (AvgIpc) is 2.82. The van der Waals surface area contributed by atoms with E-state index < -0.39 is 0 Å². The molecule has 1 unspecified atom stereocenters. The van der Waals surface area contributed by atoms with E-state index in [1.54, 1.807) is 11.3 Å². The highest BCUT2D eigenvalue weighted by Crippen LogP contribution is 2.34. The summed E-state index contributed by atoms with van der Waals surface area (Å²) in [6.07, 6.45) is 3.09. The van der Waals surface area contributed by atoms with E-state index in [-0.39, 0.29) is 5.41 Å². The number of ketones is 1. The maximum atomic E-state index is 12.4. The number of carbonyl (C=O) groups is 1. The zero-order valence-corrected chi connectivity index (χ0v) is 9.90. The van der Waals surface area contributed by atoms with Crippen LogP contribution in [0.25, 0.3) is 0 Å². The first-order valence-corrected chi connectivity index (χ1v) is 6.45. The fourth-order valence-corrected chi connectivity index (χ4v) is 3.08. The largest absolute Gasteiger partial charge is 0.316 e. The van der Waals surface area contributed by atoms with Crippen LogP contribution in [0.1, 0.15) is 35.9 Å². The van der Waals surface area contributed by atoms with E-state index in [1.807, 2.05) is 17.5 Å². The quantitative estimate of drug-likeness (QED) is 0.798. The molecule has 0 aromatic carbocycles. The van der Waals surface area contributed by atoms with E-state index >= 15 is 0 Å². The number of hydrogen-bond acceptors (Lipinski definition) is 3. The minimum atomic E-state index is -0.136. The van der Waals surface area contributed by atoms with Gasteiger partial charge in [-0.05, 0) is 37.3 Å². The maximum Gasteiger partial charge on any atom is 0.180 e. The second-order valence-corrected chi connectivity index (χ2v) is 5.17. The van der Waals surface area contributed by atoms with Gasteiger partial charge in [-0.1, -0.05) is 13.0 Å². The highest BCUT2D eigenvalue weighted by molar-refractivity contribution is 7.12. The third-order valence-corrected chi connectivity index (χ3v) is 4.24. The molecule has 1 aromatic rings. The fraction of sp³-hybridized carbons (Fsp3) is 0.583. The molecule has 0 aliphatic carbocycles. The summed E-state index contributed by atoms with van der Waals surface area (Å²) >= 11 is 1.56. The van der Waals surface area contributed by atoms with Crippen LogP contribution in [0.2, 0.25) is 0 Å². The summed E-state index contributed by atoms with van der Waals surface area (Å²) in [5.74, 6) is 0.340. The third kappa shape index (κ3) is 1.99. The van der Waals surface area contributed by atoms with Crippen molar-refractivity contribution in [3.8, 4) is 0 Å². The van der Waals surface area contributed by atoms with Gasteiger partial charge in [0.1, 0.15) is 0 Å². The number of hydrogen-bond donors (Lipinski definition) is 1. The number of nitrogens with one attached hydrogen (secondary N) is 1. The predicted molar refractivity (Wildman–Crippen MR) is 63.5 cm³/mol. The molecule has 2 rings (SSSR count). The molecule has 0 saturated carbocycles. The first-order chi connectivity index (χ1) is 7.28. The molecule has 2 nitrogen and oxygen atoms in total. The van der Waals surface area contributed by atoms with Gasteiger partial charge >= 0.3 is 0 Å². The van der Waals surface area contributed by atoms with Gasteiger partial charge in [0.05, 0.1) is 4.88 Å². The van der Waals surface area contributed by atoms with Gasteiger partial charge in [0, 0.05) is 12.0 Å². The Morgan fingerprint density at radius 1 is 1.67 bits per heavy atom.